The van der Waals surface area contributed by atoms with Gasteiger partial charge in [-0.15, -0.1) is 0 Å². The van der Waals surface area contributed by atoms with Gasteiger partial charge in [0, 0.05) is 69.1 Å². The Bertz CT molecular complexity index is 684. The van der Waals surface area contributed by atoms with Crippen LogP contribution < -0.4 is 0 Å². The summed E-state index contributed by atoms with van der Waals surface area (Å²) in [6.07, 6.45) is 7.17. The van der Waals surface area contributed by atoms with Crippen molar-refractivity contribution in [3.05, 3.63) is 47.8 Å². The van der Waals surface area contributed by atoms with Crippen molar-refractivity contribution in [1.82, 2.24) is 19.4 Å². The van der Waals surface area contributed by atoms with Crippen LogP contribution >= 0.6 is 0 Å². The summed E-state index contributed by atoms with van der Waals surface area (Å²) < 4.78 is 7.42. The average Bonchev–Trinajstić information content (AvgIpc) is 3.23. The molecule has 1 amide bonds. The molecule has 3 heterocycles. The maximum absolute atomic E-state index is 12.6. The minimum atomic E-state index is 0.0779. The van der Waals surface area contributed by atoms with Crippen molar-refractivity contribution in [2.75, 3.05) is 26.8 Å². The molecule has 24 heavy (non-hydrogen) atoms. The van der Waals surface area contributed by atoms with Gasteiger partial charge in [-0.2, -0.15) is 0 Å². The maximum Gasteiger partial charge on any atom is 0.253 e. The lowest BCUT2D eigenvalue weighted by Gasteiger charge is -2.17. The lowest BCUT2D eigenvalue weighted by Crippen LogP contribution is -2.28. The minimum absolute atomic E-state index is 0.0779. The van der Waals surface area contributed by atoms with Crippen molar-refractivity contribution in [2.24, 2.45) is 0 Å². The normalized spacial score (nSPS) is 17.4. The summed E-state index contributed by atoms with van der Waals surface area (Å²) in [6, 6.07) is 3.54. The Morgan fingerprint density at radius 2 is 2.17 bits per heavy atom. The number of ether oxygens (including phenoxy) is 1. The molecule has 2 aromatic heterocycles. The highest BCUT2D eigenvalue weighted by Gasteiger charge is 2.30. The number of nitrogens with zero attached hydrogens (tertiary/aromatic N) is 4. The van der Waals surface area contributed by atoms with E-state index in [0.29, 0.717) is 11.5 Å². The van der Waals surface area contributed by atoms with E-state index in [2.05, 4.69) is 21.5 Å². The number of carbonyl (C=O) groups excluding carboxylic acids is 1. The summed E-state index contributed by atoms with van der Waals surface area (Å²) in [5, 5.41) is 0. The molecule has 0 saturated carbocycles. The van der Waals surface area contributed by atoms with E-state index in [1.54, 1.807) is 31.6 Å². The fourth-order valence-electron chi connectivity index (χ4n) is 3.30. The van der Waals surface area contributed by atoms with Gasteiger partial charge in [-0.05, 0) is 31.9 Å². The van der Waals surface area contributed by atoms with E-state index in [4.69, 9.17) is 4.74 Å². The number of hydrogen-bond donors (Lipinski definition) is 0. The molecular weight excluding hydrogens is 304 g/mol. The number of methoxy groups -OCH3 is 1. The number of pyridine rings is 1. The highest BCUT2D eigenvalue weighted by Crippen LogP contribution is 2.28. The molecule has 0 aromatic carbocycles. The van der Waals surface area contributed by atoms with Crippen LogP contribution in [-0.2, 0) is 11.3 Å². The summed E-state index contributed by atoms with van der Waals surface area (Å²) in [5.74, 6) is 1.47. The van der Waals surface area contributed by atoms with E-state index in [-0.39, 0.29) is 5.91 Å². The van der Waals surface area contributed by atoms with Gasteiger partial charge in [0.1, 0.15) is 5.82 Å². The molecule has 0 radical (unpaired) electrons. The van der Waals surface area contributed by atoms with Crippen LogP contribution in [0.1, 0.15) is 40.6 Å². The predicted octanol–water partition coefficient (Wildman–Crippen LogP) is 2.25. The fraction of sp³-hybridized carbons (Fsp3) is 0.500. The fourth-order valence-corrected chi connectivity index (χ4v) is 3.30. The Morgan fingerprint density at radius 1 is 1.38 bits per heavy atom. The third kappa shape index (κ3) is 3.48. The van der Waals surface area contributed by atoms with Crippen molar-refractivity contribution >= 4 is 5.91 Å². The van der Waals surface area contributed by atoms with E-state index in [9.17, 15) is 4.79 Å². The molecular formula is C18H24N4O2. The first-order chi connectivity index (χ1) is 11.7. The second-order valence-electron chi connectivity index (χ2n) is 6.23. The molecule has 1 atom stereocenters. The SMILES string of the molecule is COCCCn1c(C)cnc1C1CCN(C(=O)c2ccncc2)C1. The standard InChI is InChI=1S/C18H24N4O2/c1-14-12-20-17(22(14)9-3-11-24-2)16-6-10-21(13-16)18(23)15-4-7-19-8-5-15/h4-5,7-8,12,16H,3,6,9-11,13H2,1-2H3. The Labute approximate surface area is 142 Å². The van der Waals surface area contributed by atoms with Crippen LogP contribution in [-0.4, -0.2) is 52.1 Å². The Hall–Kier alpha value is -2.21. The van der Waals surface area contributed by atoms with Gasteiger partial charge in [-0.1, -0.05) is 0 Å². The summed E-state index contributed by atoms with van der Waals surface area (Å²) >= 11 is 0. The average molecular weight is 328 g/mol. The number of likely N-dealkylation sites (tertiary alicyclic amines) is 1. The highest BCUT2D eigenvalue weighted by atomic mass is 16.5. The first-order valence-electron chi connectivity index (χ1n) is 8.41. The van der Waals surface area contributed by atoms with Crippen LogP contribution in [0.3, 0.4) is 0 Å². The summed E-state index contributed by atoms with van der Waals surface area (Å²) in [5.41, 5.74) is 1.87. The van der Waals surface area contributed by atoms with Gasteiger partial charge in [-0.3, -0.25) is 9.78 Å². The van der Waals surface area contributed by atoms with Crippen LogP contribution in [0.25, 0.3) is 0 Å². The predicted molar refractivity (Wildman–Crippen MR) is 91.0 cm³/mol. The molecule has 1 unspecified atom stereocenters. The van der Waals surface area contributed by atoms with Crippen molar-refractivity contribution < 1.29 is 9.53 Å². The van der Waals surface area contributed by atoms with Crippen LogP contribution in [0, 0.1) is 6.92 Å². The maximum atomic E-state index is 12.6. The summed E-state index contributed by atoms with van der Waals surface area (Å²) in [6.45, 7) is 5.23. The van der Waals surface area contributed by atoms with E-state index in [0.717, 1.165) is 44.9 Å². The number of aryl methyl sites for hydroxylation is 1. The zero-order valence-electron chi connectivity index (χ0n) is 14.3. The molecule has 1 saturated heterocycles. The largest absolute Gasteiger partial charge is 0.385 e. The van der Waals surface area contributed by atoms with Gasteiger partial charge >= 0.3 is 0 Å². The molecule has 128 valence electrons. The van der Waals surface area contributed by atoms with Gasteiger partial charge in [0.05, 0.1) is 0 Å². The number of imidazole rings is 1. The molecule has 0 aliphatic carbocycles. The smallest absolute Gasteiger partial charge is 0.253 e. The molecule has 0 N–H and O–H groups in total. The third-order valence-electron chi connectivity index (χ3n) is 4.58. The van der Waals surface area contributed by atoms with E-state index < -0.39 is 0 Å². The summed E-state index contributed by atoms with van der Waals surface area (Å²) in [7, 11) is 1.72. The van der Waals surface area contributed by atoms with Gasteiger partial charge in [0.15, 0.2) is 0 Å². The van der Waals surface area contributed by atoms with Gasteiger partial charge in [0.2, 0.25) is 0 Å². The quantitative estimate of drug-likeness (QED) is 0.763. The second kappa shape index (κ2) is 7.57. The zero-order valence-corrected chi connectivity index (χ0v) is 14.3. The number of carbonyl (C=O) groups is 1. The zero-order chi connectivity index (χ0) is 16.9. The van der Waals surface area contributed by atoms with Crippen molar-refractivity contribution in [3.8, 4) is 0 Å². The number of amides is 1. The molecule has 6 nitrogen and oxygen atoms in total. The topological polar surface area (TPSA) is 60.2 Å². The molecule has 0 spiro atoms. The van der Waals surface area contributed by atoms with Crippen LogP contribution in [0.5, 0.6) is 0 Å². The number of aromatic nitrogens is 3. The van der Waals surface area contributed by atoms with Crippen molar-refractivity contribution in [2.45, 2.75) is 32.2 Å². The van der Waals surface area contributed by atoms with E-state index in [1.807, 2.05) is 11.1 Å². The van der Waals surface area contributed by atoms with Gasteiger partial charge in [-0.25, -0.2) is 4.98 Å². The first-order valence-corrected chi connectivity index (χ1v) is 8.41. The Kier molecular flexibility index (Phi) is 5.25. The lowest BCUT2D eigenvalue weighted by atomic mass is 10.1. The molecule has 0 bridgehead atoms. The Balaban J connectivity index is 1.69. The van der Waals surface area contributed by atoms with E-state index >= 15 is 0 Å². The Morgan fingerprint density at radius 3 is 2.92 bits per heavy atom. The number of hydrogen-bond acceptors (Lipinski definition) is 4. The third-order valence-corrected chi connectivity index (χ3v) is 4.58. The van der Waals surface area contributed by atoms with Gasteiger partial charge in [0.25, 0.3) is 5.91 Å². The molecule has 2 aromatic rings. The van der Waals surface area contributed by atoms with Crippen LogP contribution in [0.2, 0.25) is 0 Å². The molecule has 3 rings (SSSR count). The van der Waals surface area contributed by atoms with Gasteiger partial charge < -0.3 is 14.2 Å². The minimum Gasteiger partial charge on any atom is -0.385 e. The first kappa shape index (κ1) is 16.6. The highest BCUT2D eigenvalue weighted by molar-refractivity contribution is 5.94. The number of rotatable bonds is 6. The van der Waals surface area contributed by atoms with Crippen molar-refractivity contribution in [3.63, 3.8) is 0 Å². The second-order valence-corrected chi connectivity index (χ2v) is 6.23. The van der Waals surface area contributed by atoms with E-state index in [1.165, 1.54) is 5.69 Å². The lowest BCUT2D eigenvalue weighted by molar-refractivity contribution is 0.0790. The molecule has 1 aliphatic heterocycles. The van der Waals surface area contributed by atoms with Crippen molar-refractivity contribution in [1.29, 1.82) is 0 Å². The summed E-state index contributed by atoms with van der Waals surface area (Å²) in [4.78, 5) is 23.1. The molecule has 1 fully saturated rings. The van der Waals surface area contributed by atoms with Crippen LogP contribution in [0.15, 0.2) is 30.7 Å². The molecule has 6 heteroatoms. The van der Waals surface area contributed by atoms with Crippen LogP contribution in [0.4, 0.5) is 0 Å². The monoisotopic (exact) mass is 328 g/mol. The molecule has 1 aliphatic rings.